The molecular weight excluding hydrogens is 154 g/mol. The van der Waals surface area contributed by atoms with Crippen LogP contribution in [0.2, 0.25) is 0 Å². The highest BCUT2D eigenvalue weighted by molar-refractivity contribution is 5.78. The minimum Gasteiger partial charge on any atom is -0.342 e. The SMILES string of the molecule is CC(C=O)CN1CC(C)CC1=O. The van der Waals surface area contributed by atoms with E-state index < -0.39 is 0 Å². The van der Waals surface area contributed by atoms with Gasteiger partial charge in [-0.25, -0.2) is 0 Å². The van der Waals surface area contributed by atoms with Gasteiger partial charge in [0.15, 0.2) is 0 Å². The van der Waals surface area contributed by atoms with Crippen molar-refractivity contribution < 1.29 is 9.59 Å². The van der Waals surface area contributed by atoms with Crippen LogP contribution >= 0.6 is 0 Å². The van der Waals surface area contributed by atoms with Crippen LogP contribution in [0.25, 0.3) is 0 Å². The predicted molar refractivity (Wildman–Crippen MR) is 45.6 cm³/mol. The monoisotopic (exact) mass is 169 g/mol. The minimum atomic E-state index is -0.0285. The summed E-state index contributed by atoms with van der Waals surface area (Å²) in [6.45, 7) is 5.30. The topological polar surface area (TPSA) is 37.4 Å². The van der Waals surface area contributed by atoms with Gasteiger partial charge in [-0.1, -0.05) is 13.8 Å². The van der Waals surface area contributed by atoms with Gasteiger partial charge in [-0.05, 0) is 5.92 Å². The molecule has 0 aromatic heterocycles. The van der Waals surface area contributed by atoms with Crippen molar-refractivity contribution in [2.24, 2.45) is 11.8 Å². The van der Waals surface area contributed by atoms with Gasteiger partial charge in [-0.2, -0.15) is 0 Å². The number of hydrogen-bond acceptors (Lipinski definition) is 2. The number of aldehydes is 1. The molecule has 1 rings (SSSR count). The van der Waals surface area contributed by atoms with E-state index >= 15 is 0 Å². The molecule has 12 heavy (non-hydrogen) atoms. The maximum atomic E-state index is 11.2. The van der Waals surface area contributed by atoms with Gasteiger partial charge in [0, 0.05) is 25.4 Å². The van der Waals surface area contributed by atoms with E-state index in [2.05, 4.69) is 6.92 Å². The lowest BCUT2D eigenvalue weighted by Gasteiger charge is -2.17. The molecule has 2 unspecified atom stereocenters. The van der Waals surface area contributed by atoms with E-state index in [0.717, 1.165) is 12.8 Å². The highest BCUT2D eigenvalue weighted by atomic mass is 16.2. The van der Waals surface area contributed by atoms with E-state index in [4.69, 9.17) is 0 Å². The number of hydrogen-bond donors (Lipinski definition) is 0. The summed E-state index contributed by atoms with van der Waals surface area (Å²) in [5.74, 6) is 0.617. The lowest BCUT2D eigenvalue weighted by molar-refractivity contribution is -0.128. The van der Waals surface area contributed by atoms with Crippen molar-refractivity contribution >= 4 is 12.2 Å². The highest BCUT2D eigenvalue weighted by Crippen LogP contribution is 2.17. The molecule has 1 heterocycles. The Morgan fingerprint density at radius 1 is 1.75 bits per heavy atom. The Bertz CT molecular complexity index is 191. The van der Waals surface area contributed by atoms with Gasteiger partial charge < -0.3 is 9.69 Å². The summed E-state index contributed by atoms with van der Waals surface area (Å²) in [6, 6.07) is 0. The van der Waals surface area contributed by atoms with Crippen LogP contribution in [0.15, 0.2) is 0 Å². The van der Waals surface area contributed by atoms with Gasteiger partial charge in [0.1, 0.15) is 6.29 Å². The summed E-state index contributed by atoms with van der Waals surface area (Å²) in [6.07, 6.45) is 1.54. The molecule has 0 spiro atoms. The number of rotatable bonds is 3. The van der Waals surface area contributed by atoms with Crippen molar-refractivity contribution in [1.82, 2.24) is 4.90 Å². The number of amides is 1. The van der Waals surface area contributed by atoms with Gasteiger partial charge in [-0.15, -0.1) is 0 Å². The van der Waals surface area contributed by atoms with Crippen molar-refractivity contribution in [2.45, 2.75) is 20.3 Å². The summed E-state index contributed by atoms with van der Waals surface area (Å²) >= 11 is 0. The third-order valence-electron chi connectivity index (χ3n) is 2.15. The number of likely N-dealkylation sites (tertiary alicyclic amines) is 1. The van der Waals surface area contributed by atoms with Crippen molar-refractivity contribution in [3.05, 3.63) is 0 Å². The van der Waals surface area contributed by atoms with Gasteiger partial charge in [-0.3, -0.25) is 4.79 Å². The van der Waals surface area contributed by atoms with Gasteiger partial charge in [0.2, 0.25) is 5.91 Å². The first kappa shape index (κ1) is 9.23. The molecule has 0 aliphatic carbocycles. The Balaban J connectivity index is 2.42. The van der Waals surface area contributed by atoms with Crippen molar-refractivity contribution in [3.8, 4) is 0 Å². The molecule has 1 saturated heterocycles. The molecule has 1 fully saturated rings. The molecule has 0 aromatic rings. The molecule has 1 amide bonds. The quantitative estimate of drug-likeness (QED) is 0.583. The second kappa shape index (κ2) is 3.70. The molecule has 1 aliphatic heterocycles. The third kappa shape index (κ3) is 2.06. The molecule has 0 bridgehead atoms. The molecule has 0 aromatic carbocycles. The fourth-order valence-electron chi connectivity index (χ4n) is 1.54. The summed E-state index contributed by atoms with van der Waals surface area (Å²) in [5.41, 5.74) is 0. The van der Waals surface area contributed by atoms with Crippen LogP contribution in [0.1, 0.15) is 20.3 Å². The lowest BCUT2D eigenvalue weighted by Crippen LogP contribution is -2.30. The summed E-state index contributed by atoms with van der Waals surface area (Å²) < 4.78 is 0. The number of carbonyl (C=O) groups excluding carboxylic acids is 2. The Labute approximate surface area is 72.7 Å². The highest BCUT2D eigenvalue weighted by Gasteiger charge is 2.26. The third-order valence-corrected chi connectivity index (χ3v) is 2.15. The zero-order chi connectivity index (χ0) is 9.14. The Hall–Kier alpha value is -0.860. The van der Waals surface area contributed by atoms with Crippen LogP contribution in [0, 0.1) is 11.8 Å². The van der Waals surface area contributed by atoms with Gasteiger partial charge in [0.25, 0.3) is 0 Å². The van der Waals surface area contributed by atoms with Crippen molar-refractivity contribution in [3.63, 3.8) is 0 Å². The maximum absolute atomic E-state index is 11.2. The summed E-state index contributed by atoms with van der Waals surface area (Å²) in [5, 5.41) is 0. The second-order valence-electron chi connectivity index (χ2n) is 3.72. The zero-order valence-electron chi connectivity index (χ0n) is 7.62. The summed E-state index contributed by atoms with van der Waals surface area (Å²) in [4.78, 5) is 23.4. The fraction of sp³-hybridized carbons (Fsp3) is 0.778. The van der Waals surface area contributed by atoms with Crippen LogP contribution in [-0.4, -0.2) is 30.2 Å². The van der Waals surface area contributed by atoms with Crippen LogP contribution in [0.5, 0.6) is 0 Å². The first-order chi connectivity index (χ1) is 5.63. The van der Waals surface area contributed by atoms with E-state index in [1.165, 1.54) is 0 Å². The molecule has 3 nitrogen and oxygen atoms in total. The maximum Gasteiger partial charge on any atom is 0.222 e. The Kier molecular flexibility index (Phi) is 2.84. The molecule has 3 heteroatoms. The zero-order valence-corrected chi connectivity index (χ0v) is 7.62. The van der Waals surface area contributed by atoms with E-state index in [1.807, 2.05) is 6.92 Å². The van der Waals surface area contributed by atoms with Crippen molar-refractivity contribution in [1.29, 1.82) is 0 Å². The normalized spacial score (nSPS) is 26.0. The Morgan fingerprint density at radius 2 is 2.42 bits per heavy atom. The first-order valence-electron chi connectivity index (χ1n) is 4.36. The minimum absolute atomic E-state index is 0.0285. The predicted octanol–water partition coefficient (Wildman–Crippen LogP) is 0.690. The van der Waals surface area contributed by atoms with Crippen LogP contribution in [0.4, 0.5) is 0 Å². The first-order valence-corrected chi connectivity index (χ1v) is 4.36. The van der Waals surface area contributed by atoms with Crippen molar-refractivity contribution in [2.75, 3.05) is 13.1 Å². The molecule has 0 N–H and O–H groups in total. The average Bonchev–Trinajstić information content (AvgIpc) is 2.30. The Morgan fingerprint density at radius 3 is 2.83 bits per heavy atom. The van der Waals surface area contributed by atoms with E-state index in [0.29, 0.717) is 18.9 Å². The van der Waals surface area contributed by atoms with Crippen LogP contribution in [-0.2, 0) is 9.59 Å². The molecule has 0 radical (unpaired) electrons. The molecule has 1 aliphatic rings. The molecular formula is C9H15NO2. The molecule has 68 valence electrons. The summed E-state index contributed by atoms with van der Waals surface area (Å²) in [7, 11) is 0. The van der Waals surface area contributed by atoms with Crippen LogP contribution < -0.4 is 0 Å². The largest absolute Gasteiger partial charge is 0.342 e. The average molecular weight is 169 g/mol. The van der Waals surface area contributed by atoms with Crippen LogP contribution in [0.3, 0.4) is 0 Å². The fourth-order valence-corrected chi connectivity index (χ4v) is 1.54. The van der Waals surface area contributed by atoms with E-state index in [9.17, 15) is 9.59 Å². The number of nitrogens with zero attached hydrogens (tertiary/aromatic N) is 1. The van der Waals surface area contributed by atoms with E-state index in [-0.39, 0.29) is 11.8 Å². The standard InChI is InChI=1S/C9H15NO2/c1-7-3-9(12)10(4-7)5-8(2)6-11/h6-8H,3-5H2,1-2H3. The van der Waals surface area contributed by atoms with Gasteiger partial charge >= 0.3 is 0 Å². The van der Waals surface area contributed by atoms with E-state index in [1.54, 1.807) is 4.90 Å². The second-order valence-corrected chi connectivity index (χ2v) is 3.72. The number of carbonyl (C=O) groups is 2. The van der Waals surface area contributed by atoms with Gasteiger partial charge in [0.05, 0.1) is 0 Å². The molecule has 0 saturated carbocycles. The smallest absolute Gasteiger partial charge is 0.222 e. The lowest BCUT2D eigenvalue weighted by atomic mass is 10.2. The molecule has 2 atom stereocenters.